The van der Waals surface area contributed by atoms with E-state index in [2.05, 4.69) is 10.1 Å². The molecule has 2 heterocycles. The molecular weight excluding hydrogens is 236 g/mol. The van der Waals surface area contributed by atoms with Crippen molar-refractivity contribution < 1.29 is 0 Å². The van der Waals surface area contributed by atoms with E-state index in [0.29, 0.717) is 5.15 Å². The highest BCUT2D eigenvalue weighted by Gasteiger charge is 2.12. The molecule has 88 valence electrons. The lowest BCUT2D eigenvalue weighted by Crippen LogP contribution is -1.98. The second kappa shape index (κ2) is 4.59. The molecule has 5 heteroatoms. The zero-order valence-corrected chi connectivity index (χ0v) is 10.4. The minimum Gasteiger partial charge on any atom is -0.404 e. The van der Waals surface area contributed by atoms with Gasteiger partial charge in [0.1, 0.15) is 5.15 Å². The molecule has 0 aliphatic heterocycles. The first-order chi connectivity index (χ1) is 8.13. The Morgan fingerprint density at radius 1 is 1.47 bits per heavy atom. The third kappa shape index (κ3) is 2.17. The van der Waals surface area contributed by atoms with Crippen LogP contribution in [0.5, 0.6) is 0 Å². The number of rotatable bonds is 2. The Morgan fingerprint density at radius 2 is 2.24 bits per heavy atom. The molecule has 0 unspecified atom stereocenters. The van der Waals surface area contributed by atoms with E-state index in [-0.39, 0.29) is 0 Å². The van der Waals surface area contributed by atoms with E-state index in [0.717, 1.165) is 22.5 Å². The molecule has 0 amide bonds. The molecule has 2 aromatic heterocycles. The summed E-state index contributed by atoms with van der Waals surface area (Å²) in [5.41, 5.74) is 9.25. The second-order valence-electron chi connectivity index (χ2n) is 3.69. The van der Waals surface area contributed by atoms with Crippen molar-refractivity contribution in [2.24, 2.45) is 12.8 Å². The average molecular weight is 249 g/mol. The third-order valence-electron chi connectivity index (χ3n) is 2.68. The average Bonchev–Trinajstić information content (AvgIpc) is 2.63. The van der Waals surface area contributed by atoms with Crippen molar-refractivity contribution in [2.45, 2.75) is 6.92 Å². The van der Waals surface area contributed by atoms with Crippen molar-refractivity contribution in [1.82, 2.24) is 14.8 Å². The number of halogens is 1. The molecule has 0 saturated heterocycles. The van der Waals surface area contributed by atoms with Gasteiger partial charge in [-0.25, -0.2) is 4.98 Å². The van der Waals surface area contributed by atoms with Crippen molar-refractivity contribution in [3.63, 3.8) is 0 Å². The minimum absolute atomic E-state index is 0.448. The third-order valence-corrected chi connectivity index (χ3v) is 2.89. The van der Waals surface area contributed by atoms with Crippen LogP contribution in [0.3, 0.4) is 0 Å². The quantitative estimate of drug-likeness (QED) is 0.829. The summed E-state index contributed by atoms with van der Waals surface area (Å²) in [5.74, 6) is 0. The molecule has 0 atom stereocenters. The van der Waals surface area contributed by atoms with Crippen LogP contribution < -0.4 is 5.73 Å². The van der Waals surface area contributed by atoms with Gasteiger partial charge in [-0.05, 0) is 19.1 Å². The molecule has 0 spiro atoms. The van der Waals surface area contributed by atoms with Crippen LogP contribution in [0.1, 0.15) is 17.0 Å². The van der Waals surface area contributed by atoms with Crippen LogP contribution in [0.4, 0.5) is 0 Å². The molecule has 0 bridgehead atoms. The highest BCUT2D eigenvalue weighted by Crippen LogP contribution is 2.24. The van der Waals surface area contributed by atoms with Crippen LogP contribution in [-0.2, 0) is 7.05 Å². The number of nitrogens with zero attached hydrogens (tertiary/aromatic N) is 3. The standard InChI is InChI=1S/C12H13ClN4/c1-8-10(7-15-17(8)2)9(6-14)11-4-3-5-12(13)16-11/h3-7H,14H2,1-2H3. The fraction of sp³-hybridized carbons (Fsp3) is 0.167. The molecule has 0 saturated carbocycles. The molecule has 0 aromatic carbocycles. The van der Waals surface area contributed by atoms with Crippen LogP contribution in [0.2, 0.25) is 5.15 Å². The van der Waals surface area contributed by atoms with Gasteiger partial charge in [-0.1, -0.05) is 17.7 Å². The Balaban J connectivity index is 2.52. The Morgan fingerprint density at radius 3 is 2.76 bits per heavy atom. The van der Waals surface area contributed by atoms with E-state index in [1.165, 1.54) is 6.20 Å². The van der Waals surface area contributed by atoms with Crippen molar-refractivity contribution in [1.29, 1.82) is 0 Å². The second-order valence-corrected chi connectivity index (χ2v) is 4.08. The van der Waals surface area contributed by atoms with Crippen molar-refractivity contribution in [3.05, 3.63) is 52.7 Å². The summed E-state index contributed by atoms with van der Waals surface area (Å²) in [7, 11) is 1.89. The van der Waals surface area contributed by atoms with Crippen molar-refractivity contribution in [3.8, 4) is 0 Å². The highest BCUT2D eigenvalue weighted by molar-refractivity contribution is 6.29. The lowest BCUT2D eigenvalue weighted by atomic mass is 10.0. The first-order valence-electron chi connectivity index (χ1n) is 5.17. The van der Waals surface area contributed by atoms with Crippen LogP contribution in [0, 0.1) is 6.92 Å². The van der Waals surface area contributed by atoms with Gasteiger partial charge in [-0.2, -0.15) is 5.10 Å². The van der Waals surface area contributed by atoms with Gasteiger partial charge in [0.2, 0.25) is 0 Å². The molecule has 0 aliphatic rings. The molecule has 2 N–H and O–H groups in total. The number of nitrogens with two attached hydrogens (primary N) is 1. The summed E-state index contributed by atoms with van der Waals surface area (Å²) in [6, 6.07) is 5.45. The summed E-state index contributed by atoms with van der Waals surface area (Å²) in [5, 5.41) is 4.64. The maximum atomic E-state index is 5.88. The van der Waals surface area contributed by atoms with E-state index >= 15 is 0 Å². The summed E-state index contributed by atoms with van der Waals surface area (Å²) >= 11 is 5.88. The first-order valence-corrected chi connectivity index (χ1v) is 5.55. The van der Waals surface area contributed by atoms with Gasteiger partial charge in [0.25, 0.3) is 0 Å². The van der Waals surface area contributed by atoms with Crippen LogP contribution in [0.25, 0.3) is 5.57 Å². The predicted octanol–water partition coefficient (Wildman–Crippen LogP) is 2.12. The SMILES string of the molecule is Cc1c(C(=CN)c2cccc(Cl)n2)cnn1C. The molecule has 0 radical (unpaired) electrons. The number of hydrogen-bond acceptors (Lipinski definition) is 3. The summed E-state index contributed by atoms with van der Waals surface area (Å²) in [4.78, 5) is 4.25. The number of pyridine rings is 1. The topological polar surface area (TPSA) is 56.7 Å². The lowest BCUT2D eigenvalue weighted by Gasteiger charge is -2.06. The molecule has 0 aliphatic carbocycles. The van der Waals surface area contributed by atoms with Gasteiger partial charge < -0.3 is 5.73 Å². The summed E-state index contributed by atoms with van der Waals surface area (Å²) < 4.78 is 1.80. The number of hydrogen-bond donors (Lipinski definition) is 1. The highest BCUT2D eigenvalue weighted by atomic mass is 35.5. The van der Waals surface area contributed by atoms with Gasteiger partial charge in [0.15, 0.2) is 0 Å². The van der Waals surface area contributed by atoms with Crippen LogP contribution >= 0.6 is 11.6 Å². The Hall–Kier alpha value is -1.81. The smallest absolute Gasteiger partial charge is 0.129 e. The fourth-order valence-corrected chi connectivity index (χ4v) is 1.80. The molecule has 0 fully saturated rings. The summed E-state index contributed by atoms with van der Waals surface area (Å²) in [6.07, 6.45) is 3.30. The maximum absolute atomic E-state index is 5.88. The van der Waals surface area contributed by atoms with Gasteiger partial charge in [0, 0.05) is 30.1 Å². The molecular formula is C12H13ClN4. The van der Waals surface area contributed by atoms with Crippen molar-refractivity contribution in [2.75, 3.05) is 0 Å². The summed E-state index contributed by atoms with van der Waals surface area (Å²) in [6.45, 7) is 1.98. The molecule has 2 rings (SSSR count). The minimum atomic E-state index is 0.448. The molecule has 2 aromatic rings. The van der Waals surface area contributed by atoms with E-state index in [1.54, 1.807) is 16.9 Å². The number of aryl methyl sites for hydroxylation is 1. The normalized spacial score (nSPS) is 11.8. The first kappa shape index (κ1) is 11.7. The Kier molecular flexibility index (Phi) is 3.15. The molecule has 17 heavy (non-hydrogen) atoms. The largest absolute Gasteiger partial charge is 0.404 e. The fourth-order valence-electron chi connectivity index (χ4n) is 1.63. The predicted molar refractivity (Wildman–Crippen MR) is 68.5 cm³/mol. The van der Waals surface area contributed by atoms with E-state index in [4.69, 9.17) is 17.3 Å². The van der Waals surface area contributed by atoms with Gasteiger partial charge in [0.05, 0.1) is 11.9 Å². The zero-order chi connectivity index (χ0) is 12.4. The van der Waals surface area contributed by atoms with Gasteiger partial charge in [-0.3, -0.25) is 4.68 Å². The number of aromatic nitrogens is 3. The van der Waals surface area contributed by atoms with E-state index in [1.807, 2.05) is 26.1 Å². The van der Waals surface area contributed by atoms with Crippen LogP contribution in [-0.4, -0.2) is 14.8 Å². The van der Waals surface area contributed by atoms with Crippen LogP contribution in [0.15, 0.2) is 30.6 Å². The van der Waals surface area contributed by atoms with Crippen molar-refractivity contribution >= 4 is 17.2 Å². The van der Waals surface area contributed by atoms with Gasteiger partial charge >= 0.3 is 0 Å². The molecule has 4 nitrogen and oxygen atoms in total. The van der Waals surface area contributed by atoms with E-state index < -0.39 is 0 Å². The zero-order valence-electron chi connectivity index (χ0n) is 9.68. The Labute approximate surface area is 105 Å². The van der Waals surface area contributed by atoms with Gasteiger partial charge in [-0.15, -0.1) is 0 Å². The lowest BCUT2D eigenvalue weighted by molar-refractivity contribution is 0.739. The maximum Gasteiger partial charge on any atom is 0.129 e. The Bertz CT molecular complexity index is 572. The van der Waals surface area contributed by atoms with E-state index in [9.17, 15) is 0 Å². The monoisotopic (exact) mass is 248 g/mol.